The van der Waals surface area contributed by atoms with Crippen molar-refractivity contribution in [3.63, 3.8) is 0 Å². The smallest absolute Gasteiger partial charge is 0.225 e. The van der Waals surface area contributed by atoms with Gasteiger partial charge in [-0.05, 0) is 50.8 Å². The lowest BCUT2D eigenvalue weighted by Crippen LogP contribution is -2.53. The number of carbonyl (C=O) groups excluding carboxylic acids is 2. The minimum absolute atomic E-state index is 0. The summed E-state index contributed by atoms with van der Waals surface area (Å²) in [5, 5.41) is 3.05. The second kappa shape index (κ2) is 7.79. The van der Waals surface area contributed by atoms with E-state index in [9.17, 15) is 9.59 Å². The van der Waals surface area contributed by atoms with Crippen LogP contribution in [0.3, 0.4) is 0 Å². The maximum atomic E-state index is 12.4. The molecule has 2 rings (SSSR count). The predicted octanol–water partition coefficient (Wildman–Crippen LogP) is 2.11. The number of Topliss-reactive ketones (excluding diaryl/α,β-unsaturated/α-hetero) is 1. The molecule has 1 aliphatic carbocycles. The number of ether oxygens (including phenoxy) is 1. The molecule has 1 saturated carbocycles. The van der Waals surface area contributed by atoms with E-state index in [4.69, 9.17) is 10.5 Å². The topological polar surface area (TPSA) is 81.4 Å². The number of rotatable bonds is 7. The van der Waals surface area contributed by atoms with Crippen molar-refractivity contribution in [2.75, 3.05) is 13.7 Å². The van der Waals surface area contributed by atoms with Crippen LogP contribution in [0.25, 0.3) is 0 Å². The highest BCUT2D eigenvalue weighted by Crippen LogP contribution is 2.39. The van der Waals surface area contributed by atoms with Gasteiger partial charge in [0.15, 0.2) is 5.78 Å². The Labute approximate surface area is 143 Å². The van der Waals surface area contributed by atoms with Gasteiger partial charge in [-0.3, -0.25) is 9.59 Å². The Balaban J connectivity index is 0.00000264. The Hall–Kier alpha value is -1.59. The van der Waals surface area contributed by atoms with Crippen LogP contribution in [0.15, 0.2) is 18.2 Å². The van der Waals surface area contributed by atoms with E-state index in [-0.39, 0.29) is 36.1 Å². The fraction of sp³-hybridized carbons (Fsp3) is 0.529. The highest BCUT2D eigenvalue weighted by Gasteiger charge is 2.41. The number of halogens is 1. The SMILES string of the molecule is COc1ccc(C(C)=O)cc1CC(=O)NC(C)(CN)C1CC1.Cl. The summed E-state index contributed by atoms with van der Waals surface area (Å²) in [4.78, 5) is 23.9. The molecule has 0 aromatic heterocycles. The van der Waals surface area contributed by atoms with Gasteiger partial charge in [0.2, 0.25) is 5.91 Å². The number of nitrogens with one attached hydrogen (secondary N) is 1. The molecule has 1 atom stereocenters. The first-order valence-corrected chi connectivity index (χ1v) is 7.58. The Morgan fingerprint density at radius 3 is 2.52 bits per heavy atom. The molecule has 1 fully saturated rings. The number of amides is 1. The maximum absolute atomic E-state index is 12.4. The lowest BCUT2D eigenvalue weighted by molar-refractivity contribution is -0.122. The van der Waals surface area contributed by atoms with Crippen LogP contribution in [0.4, 0.5) is 0 Å². The first-order chi connectivity index (χ1) is 10.4. The van der Waals surface area contributed by atoms with Crippen molar-refractivity contribution in [3.05, 3.63) is 29.3 Å². The van der Waals surface area contributed by atoms with Crippen molar-refractivity contribution in [2.45, 2.75) is 38.6 Å². The number of benzene rings is 1. The monoisotopic (exact) mass is 340 g/mol. The van der Waals surface area contributed by atoms with Gasteiger partial charge < -0.3 is 15.8 Å². The number of carbonyl (C=O) groups is 2. The predicted molar refractivity (Wildman–Crippen MR) is 92.3 cm³/mol. The minimum Gasteiger partial charge on any atom is -0.496 e. The molecule has 1 aromatic rings. The molecule has 6 heteroatoms. The fourth-order valence-corrected chi connectivity index (χ4v) is 2.71. The summed E-state index contributed by atoms with van der Waals surface area (Å²) in [6.45, 7) is 3.92. The van der Waals surface area contributed by atoms with Gasteiger partial charge in [0, 0.05) is 17.7 Å². The molecule has 1 aromatic carbocycles. The zero-order chi connectivity index (χ0) is 16.3. The largest absolute Gasteiger partial charge is 0.496 e. The molecule has 1 amide bonds. The zero-order valence-electron chi connectivity index (χ0n) is 13.8. The Morgan fingerprint density at radius 2 is 2.04 bits per heavy atom. The first-order valence-electron chi connectivity index (χ1n) is 7.58. The summed E-state index contributed by atoms with van der Waals surface area (Å²) in [5.74, 6) is 0.945. The second-order valence-electron chi connectivity index (χ2n) is 6.20. The van der Waals surface area contributed by atoms with Gasteiger partial charge in [-0.1, -0.05) is 0 Å². The maximum Gasteiger partial charge on any atom is 0.225 e. The van der Waals surface area contributed by atoms with Crippen LogP contribution in [0.2, 0.25) is 0 Å². The fourth-order valence-electron chi connectivity index (χ4n) is 2.71. The normalized spacial score (nSPS) is 16.0. The minimum atomic E-state index is -0.345. The van der Waals surface area contributed by atoms with E-state index in [0.29, 0.717) is 29.3 Å². The quantitative estimate of drug-likeness (QED) is 0.745. The molecule has 0 saturated heterocycles. The number of hydrogen-bond acceptors (Lipinski definition) is 4. The Morgan fingerprint density at radius 1 is 1.39 bits per heavy atom. The van der Waals surface area contributed by atoms with Crippen LogP contribution in [0.5, 0.6) is 5.75 Å². The molecule has 23 heavy (non-hydrogen) atoms. The van der Waals surface area contributed by atoms with Gasteiger partial charge in [-0.15, -0.1) is 12.4 Å². The molecular weight excluding hydrogens is 316 g/mol. The van der Waals surface area contributed by atoms with Crippen molar-refractivity contribution >= 4 is 24.1 Å². The van der Waals surface area contributed by atoms with Crippen molar-refractivity contribution in [1.29, 1.82) is 0 Å². The van der Waals surface area contributed by atoms with Crippen LogP contribution in [-0.4, -0.2) is 30.9 Å². The lowest BCUT2D eigenvalue weighted by atomic mass is 9.95. The summed E-state index contributed by atoms with van der Waals surface area (Å²) in [5.41, 5.74) is 6.77. The zero-order valence-corrected chi connectivity index (χ0v) is 14.7. The number of methoxy groups -OCH3 is 1. The van der Waals surface area contributed by atoms with Crippen molar-refractivity contribution in [3.8, 4) is 5.75 Å². The summed E-state index contributed by atoms with van der Waals surface area (Å²) >= 11 is 0. The third-order valence-electron chi connectivity index (χ3n) is 4.37. The van der Waals surface area contributed by atoms with Gasteiger partial charge in [-0.25, -0.2) is 0 Å². The van der Waals surface area contributed by atoms with Gasteiger partial charge >= 0.3 is 0 Å². The Kier molecular flexibility index (Phi) is 6.59. The molecular formula is C17H25ClN2O3. The van der Waals surface area contributed by atoms with Gasteiger partial charge in [0.1, 0.15) is 5.75 Å². The average molecular weight is 341 g/mol. The summed E-state index contributed by atoms with van der Waals surface area (Å²) in [7, 11) is 1.55. The summed E-state index contributed by atoms with van der Waals surface area (Å²) < 4.78 is 5.28. The summed E-state index contributed by atoms with van der Waals surface area (Å²) in [6, 6.07) is 5.15. The lowest BCUT2D eigenvalue weighted by Gasteiger charge is -2.29. The molecule has 0 bridgehead atoms. The molecule has 0 spiro atoms. The van der Waals surface area contributed by atoms with E-state index in [0.717, 1.165) is 12.8 Å². The third kappa shape index (κ3) is 4.69. The molecule has 0 radical (unpaired) electrons. The third-order valence-corrected chi connectivity index (χ3v) is 4.37. The van der Waals surface area contributed by atoms with E-state index < -0.39 is 0 Å². The van der Waals surface area contributed by atoms with Gasteiger partial charge in [-0.2, -0.15) is 0 Å². The molecule has 3 N–H and O–H groups in total. The van der Waals surface area contributed by atoms with Crippen LogP contribution < -0.4 is 15.8 Å². The van der Waals surface area contributed by atoms with Crippen LogP contribution in [0.1, 0.15) is 42.6 Å². The average Bonchev–Trinajstić information content (AvgIpc) is 3.31. The molecule has 1 aliphatic rings. The van der Waals surface area contributed by atoms with Crippen molar-refractivity contribution in [1.82, 2.24) is 5.32 Å². The number of nitrogens with two attached hydrogens (primary N) is 1. The van der Waals surface area contributed by atoms with Crippen molar-refractivity contribution in [2.24, 2.45) is 11.7 Å². The molecule has 0 heterocycles. The molecule has 128 valence electrons. The second-order valence-corrected chi connectivity index (χ2v) is 6.20. The van der Waals surface area contributed by atoms with Gasteiger partial charge in [0.05, 0.1) is 19.1 Å². The standard InChI is InChI=1S/C17H24N2O3.ClH/c1-11(20)12-4-7-15(22-3)13(8-12)9-16(21)19-17(2,10-18)14-5-6-14;/h4,7-8,14H,5-6,9-10,18H2,1-3H3,(H,19,21);1H. The van der Waals surface area contributed by atoms with Crippen LogP contribution >= 0.6 is 12.4 Å². The summed E-state index contributed by atoms with van der Waals surface area (Å²) in [6.07, 6.45) is 2.39. The Bertz CT molecular complexity index is 587. The van der Waals surface area contributed by atoms with E-state index in [1.54, 1.807) is 25.3 Å². The van der Waals surface area contributed by atoms with E-state index in [2.05, 4.69) is 5.32 Å². The molecule has 1 unspecified atom stereocenters. The highest BCUT2D eigenvalue weighted by molar-refractivity contribution is 5.94. The van der Waals surface area contributed by atoms with Crippen LogP contribution in [0, 0.1) is 5.92 Å². The molecule has 5 nitrogen and oxygen atoms in total. The van der Waals surface area contributed by atoms with Crippen LogP contribution in [-0.2, 0) is 11.2 Å². The van der Waals surface area contributed by atoms with E-state index >= 15 is 0 Å². The van der Waals surface area contributed by atoms with Crippen molar-refractivity contribution < 1.29 is 14.3 Å². The molecule has 0 aliphatic heterocycles. The highest BCUT2D eigenvalue weighted by atomic mass is 35.5. The first kappa shape index (κ1) is 19.5. The number of ketones is 1. The van der Waals surface area contributed by atoms with E-state index in [1.807, 2.05) is 6.92 Å². The number of hydrogen-bond donors (Lipinski definition) is 2. The van der Waals surface area contributed by atoms with Gasteiger partial charge in [0.25, 0.3) is 0 Å². The van der Waals surface area contributed by atoms with E-state index in [1.165, 1.54) is 6.92 Å².